The highest BCUT2D eigenvalue weighted by molar-refractivity contribution is 5.59. The molecule has 1 aromatic carbocycles. The Hall–Kier alpha value is -1.57. The molecule has 4 nitrogen and oxygen atoms in total. The van der Waals surface area contributed by atoms with Gasteiger partial charge >= 0.3 is 0 Å². The van der Waals surface area contributed by atoms with Gasteiger partial charge in [-0.1, -0.05) is 13.0 Å². The Kier molecular flexibility index (Phi) is 4.64. The Balaban J connectivity index is 2.33. The first kappa shape index (κ1) is 14.8. The Morgan fingerprint density at radius 3 is 2.80 bits per heavy atom. The minimum Gasteiger partial charge on any atom is -0.389 e. The van der Waals surface area contributed by atoms with Crippen molar-refractivity contribution in [2.24, 2.45) is 0 Å². The fraction of sp³-hybridized carbons (Fsp3) is 0.562. The van der Waals surface area contributed by atoms with E-state index < -0.39 is 6.10 Å². The van der Waals surface area contributed by atoms with Crippen LogP contribution >= 0.6 is 0 Å². The van der Waals surface area contributed by atoms with E-state index in [4.69, 9.17) is 5.26 Å². The number of hydrogen-bond acceptors (Lipinski definition) is 4. The SMILES string of the molecule is CCC1CN(c2cc(C#N)ccc2[C@H](C)O)CCN1C. The highest BCUT2D eigenvalue weighted by Crippen LogP contribution is 2.29. The highest BCUT2D eigenvalue weighted by atomic mass is 16.3. The predicted molar refractivity (Wildman–Crippen MR) is 80.7 cm³/mol. The maximum absolute atomic E-state index is 9.95. The summed E-state index contributed by atoms with van der Waals surface area (Å²) >= 11 is 0. The molecule has 0 spiro atoms. The molecule has 1 N–H and O–H groups in total. The minimum absolute atomic E-state index is 0.516. The quantitative estimate of drug-likeness (QED) is 0.916. The van der Waals surface area contributed by atoms with Gasteiger partial charge in [0, 0.05) is 36.9 Å². The maximum Gasteiger partial charge on any atom is 0.0992 e. The van der Waals surface area contributed by atoms with Crippen LogP contribution in [0.1, 0.15) is 37.5 Å². The third-order valence-corrected chi connectivity index (χ3v) is 4.20. The van der Waals surface area contributed by atoms with Crippen molar-refractivity contribution in [3.8, 4) is 6.07 Å². The third-order valence-electron chi connectivity index (χ3n) is 4.20. The molecular formula is C16H23N3O. The fourth-order valence-corrected chi connectivity index (χ4v) is 2.85. The summed E-state index contributed by atoms with van der Waals surface area (Å²) in [5.74, 6) is 0. The van der Waals surface area contributed by atoms with Crippen LogP contribution in [0.15, 0.2) is 18.2 Å². The Morgan fingerprint density at radius 2 is 2.20 bits per heavy atom. The zero-order valence-electron chi connectivity index (χ0n) is 12.5. The monoisotopic (exact) mass is 273 g/mol. The molecule has 1 aliphatic rings. The smallest absolute Gasteiger partial charge is 0.0992 e. The Bertz CT molecular complexity index is 507. The number of likely N-dealkylation sites (N-methyl/N-ethyl adjacent to an activating group) is 1. The van der Waals surface area contributed by atoms with E-state index in [1.54, 1.807) is 13.0 Å². The van der Waals surface area contributed by atoms with Gasteiger partial charge in [0.1, 0.15) is 0 Å². The molecule has 0 aromatic heterocycles. The molecule has 1 unspecified atom stereocenters. The van der Waals surface area contributed by atoms with Crippen molar-refractivity contribution >= 4 is 5.69 Å². The molecule has 2 atom stereocenters. The third kappa shape index (κ3) is 2.95. The number of aliphatic hydroxyl groups is 1. The molecule has 20 heavy (non-hydrogen) atoms. The highest BCUT2D eigenvalue weighted by Gasteiger charge is 2.25. The molecule has 1 saturated heterocycles. The van der Waals surface area contributed by atoms with Crippen molar-refractivity contribution in [2.45, 2.75) is 32.4 Å². The van der Waals surface area contributed by atoms with E-state index in [0.717, 1.165) is 37.3 Å². The second-order valence-electron chi connectivity index (χ2n) is 5.55. The lowest BCUT2D eigenvalue weighted by atomic mass is 10.0. The lowest BCUT2D eigenvalue weighted by Gasteiger charge is -2.41. The summed E-state index contributed by atoms with van der Waals surface area (Å²) in [5.41, 5.74) is 2.56. The van der Waals surface area contributed by atoms with E-state index in [9.17, 15) is 5.11 Å². The van der Waals surface area contributed by atoms with Gasteiger partial charge in [-0.25, -0.2) is 0 Å². The summed E-state index contributed by atoms with van der Waals surface area (Å²) in [6.07, 6.45) is 0.590. The van der Waals surface area contributed by atoms with Gasteiger partial charge in [0.05, 0.1) is 17.7 Å². The summed E-state index contributed by atoms with van der Waals surface area (Å²) in [4.78, 5) is 4.68. The number of piperazine rings is 1. The average molecular weight is 273 g/mol. The van der Waals surface area contributed by atoms with Crippen molar-refractivity contribution in [1.29, 1.82) is 5.26 Å². The van der Waals surface area contributed by atoms with Gasteiger partial charge in [0.25, 0.3) is 0 Å². The predicted octanol–water partition coefficient (Wildman–Crippen LogP) is 2.14. The summed E-state index contributed by atoms with van der Waals surface area (Å²) < 4.78 is 0. The topological polar surface area (TPSA) is 50.5 Å². The van der Waals surface area contributed by atoms with Crippen molar-refractivity contribution < 1.29 is 5.11 Å². The van der Waals surface area contributed by atoms with E-state index >= 15 is 0 Å². The van der Waals surface area contributed by atoms with Gasteiger partial charge < -0.3 is 10.0 Å². The van der Waals surface area contributed by atoms with Crippen LogP contribution in [0.3, 0.4) is 0 Å². The standard InChI is InChI=1S/C16H23N3O/c1-4-14-11-19(8-7-18(14)3)16-9-13(10-17)5-6-15(16)12(2)20/h5-6,9,12,14,20H,4,7-8,11H2,1-3H3/t12-,14?/m0/s1. The first-order valence-corrected chi connectivity index (χ1v) is 7.24. The van der Waals surface area contributed by atoms with Crippen molar-refractivity contribution in [3.05, 3.63) is 29.3 Å². The molecule has 1 aromatic rings. The van der Waals surface area contributed by atoms with Gasteiger partial charge in [-0.15, -0.1) is 0 Å². The van der Waals surface area contributed by atoms with E-state index in [0.29, 0.717) is 11.6 Å². The summed E-state index contributed by atoms with van der Waals surface area (Å²) in [7, 11) is 2.16. The Morgan fingerprint density at radius 1 is 1.45 bits per heavy atom. The van der Waals surface area contributed by atoms with Gasteiger partial charge in [-0.3, -0.25) is 4.90 Å². The van der Waals surface area contributed by atoms with Crippen molar-refractivity contribution in [2.75, 3.05) is 31.6 Å². The summed E-state index contributed by atoms with van der Waals surface area (Å²) in [6, 6.07) is 8.26. The number of nitriles is 1. The number of aliphatic hydroxyl groups excluding tert-OH is 1. The van der Waals surface area contributed by atoms with E-state index in [2.05, 4.69) is 29.8 Å². The molecule has 1 heterocycles. The van der Waals surface area contributed by atoms with Gasteiger partial charge in [-0.05, 0) is 32.5 Å². The minimum atomic E-state index is -0.516. The largest absolute Gasteiger partial charge is 0.389 e. The molecule has 0 bridgehead atoms. The molecule has 4 heteroatoms. The van der Waals surface area contributed by atoms with E-state index in [-0.39, 0.29) is 0 Å². The maximum atomic E-state index is 9.95. The number of nitrogens with zero attached hydrogens (tertiary/aromatic N) is 3. The number of hydrogen-bond donors (Lipinski definition) is 1. The van der Waals surface area contributed by atoms with Gasteiger partial charge in [-0.2, -0.15) is 5.26 Å². The molecule has 0 saturated carbocycles. The molecule has 1 fully saturated rings. The van der Waals surface area contributed by atoms with Gasteiger partial charge in [0.2, 0.25) is 0 Å². The Labute approximate surface area is 121 Å². The second-order valence-corrected chi connectivity index (χ2v) is 5.55. The van der Waals surface area contributed by atoms with Crippen LogP contribution in [0, 0.1) is 11.3 Å². The number of benzene rings is 1. The first-order chi connectivity index (χ1) is 9.56. The van der Waals surface area contributed by atoms with Crippen LogP contribution in [0.25, 0.3) is 0 Å². The lowest BCUT2D eigenvalue weighted by molar-refractivity contribution is 0.196. The molecule has 0 radical (unpaired) electrons. The van der Waals surface area contributed by atoms with Crippen LogP contribution in [0.2, 0.25) is 0 Å². The van der Waals surface area contributed by atoms with Crippen LogP contribution in [0.5, 0.6) is 0 Å². The second kappa shape index (κ2) is 6.25. The fourth-order valence-electron chi connectivity index (χ4n) is 2.85. The van der Waals surface area contributed by atoms with Crippen LogP contribution in [-0.4, -0.2) is 42.7 Å². The first-order valence-electron chi connectivity index (χ1n) is 7.24. The molecular weight excluding hydrogens is 250 g/mol. The van der Waals surface area contributed by atoms with Crippen LogP contribution in [0.4, 0.5) is 5.69 Å². The zero-order chi connectivity index (χ0) is 14.7. The molecule has 0 aliphatic carbocycles. The van der Waals surface area contributed by atoms with Gasteiger partial charge in [0.15, 0.2) is 0 Å². The molecule has 0 amide bonds. The van der Waals surface area contributed by atoms with Crippen LogP contribution < -0.4 is 4.90 Å². The van der Waals surface area contributed by atoms with Crippen molar-refractivity contribution in [3.63, 3.8) is 0 Å². The number of rotatable bonds is 3. The molecule has 1 aliphatic heterocycles. The number of anilines is 1. The molecule has 108 valence electrons. The zero-order valence-corrected chi connectivity index (χ0v) is 12.5. The normalized spacial score (nSPS) is 21.6. The van der Waals surface area contributed by atoms with Crippen molar-refractivity contribution in [1.82, 2.24) is 4.90 Å². The van der Waals surface area contributed by atoms with E-state index in [1.165, 1.54) is 0 Å². The van der Waals surface area contributed by atoms with Crippen LogP contribution in [-0.2, 0) is 0 Å². The van der Waals surface area contributed by atoms with E-state index in [1.807, 2.05) is 12.1 Å². The summed E-state index contributed by atoms with van der Waals surface area (Å²) in [6.45, 7) is 6.86. The molecule has 2 rings (SSSR count). The average Bonchev–Trinajstić information content (AvgIpc) is 2.47. The lowest BCUT2D eigenvalue weighted by Crippen LogP contribution is -2.51. The summed E-state index contributed by atoms with van der Waals surface area (Å²) in [5, 5.41) is 19.0.